The number of halogens is 3. The zero-order chi connectivity index (χ0) is 39.7. The van der Waals surface area contributed by atoms with Crippen LogP contribution in [0.3, 0.4) is 0 Å². The SMILES string of the molecule is CCc1cc(N2C(=S)N(c3cnc(C#N)c(C(F)(F)F)c3)C(=O)C2(C)C)ccc1OC1CCN(CC(=O)Nc2cccc(NC3CCC(=O)NC3=O)c2)CC1. The Labute approximate surface area is 320 Å². The number of imide groups is 1. The van der Waals surface area contributed by atoms with Gasteiger partial charge in [0.05, 0.1) is 24.0 Å². The van der Waals surface area contributed by atoms with E-state index in [1.54, 1.807) is 55.1 Å². The third kappa shape index (κ3) is 8.40. The highest BCUT2D eigenvalue weighted by Gasteiger charge is 2.51. The van der Waals surface area contributed by atoms with Crippen LogP contribution in [0.2, 0.25) is 0 Å². The minimum atomic E-state index is -4.86. The molecule has 0 aliphatic carbocycles. The number of thiocarbonyl (C=S) groups is 1. The molecule has 0 bridgehead atoms. The molecule has 2 aromatic carbocycles. The molecular formula is C38H39F3N8O5S. The molecule has 1 atom stereocenters. The monoisotopic (exact) mass is 776 g/mol. The van der Waals surface area contributed by atoms with E-state index in [9.17, 15) is 32.3 Å². The zero-order valence-corrected chi connectivity index (χ0v) is 31.1. The van der Waals surface area contributed by atoms with Crippen LogP contribution in [0, 0.1) is 11.3 Å². The highest BCUT2D eigenvalue weighted by Crippen LogP contribution is 2.40. The predicted molar refractivity (Wildman–Crippen MR) is 201 cm³/mol. The van der Waals surface area contributed by atoms with Crippen molar-refractivity contribution in [3.05, 3.63) is 71.5 Å². The summed E-state index contributed by atoms with van der Waals surface area (Å²) in [5, 5.41) is 17.5. The van der Waals surface area contributed by atoms with Gasteiger partial charge in [-0.15, -0.1) is 0 Å². The minimum absolute atomic E-state index is 0.0293. The van der Waals surface area contributed by atoms with Gasteiger partial charge in [0.1, 0.15) is 29.5 Å². The smallest absolute Gasteiger partial charge is 0.419 e. The molecule has 0 radical (unpaired) electrons. The number of alkyl halides is 3. The predicted octanol–water partition coefficient (Wildman–Crippen LogP) is 5.15. The average Bonchev–Trinajstić information content (AvgIpc) is 3.31. The van der Waals surface area contributed by atoms with Crippen LogP contribution in [0.5, 0.6) is 5.75 Å². The van der Waals surface area contributed by atoms with E-state index >= 15 is 0 Å². The number of carbonyl (C=O) groups excluding carboxylic acids is 4. The lowest BCUT2D eigenvalue weighted by Gasteiger charge is -2.33. The molecule has 55 heavy (non-hydrogen) atoms. The van der Waals surface area contributed by atoms with Gasteiger partial charge in [0, 0.05) is 36.6 Å². The summed E-state index contributed by atoms with van der Waals surface area (Å²) in [6, 6.07) is 14.1. The topological polar surface area (TPSA) is 160 Å². The number of anilines is 4. The van der Waals surface area contributed by atoms with Gasteiger partial charge in [0.15, 0.2) is 10.8 Å². The van der Waals surface area contributed by atoms with Crippen molar-refractivity contribution in [3.8, 4) is 11.8 Å². The van der Waals surface area contributed by atoms with Crippen LogP contribution in [0.4, 0.5) is 35.9 Å². The van der Waals surface area contributed by atoms with Gasteiger partial charge in [-0.1, -0.05) is 13.0 Å². The third-order valence-corrected chi connectivity index (χ3v) is 10.2. The van der Waals surface area contributed by atoms with Crippen molar-refractivity contribution in [2.24, 2.45) is 0 Å². The van der Waals surface area contributed by atoms with Crippen molar-refractivity contribution in [2.75, 3.05) is 40.1 Å². The van der Waals surface area contributed by atoms with E-state index < -0.39 is 34.9 Å². The molecule has 4 heterocycles. The number of piperidine rings is 2. The minimum Gasteiger partial charge on any atom is -0.490 e. The first-order valence-corrected chi connectivity index (χ1v) is 18.2. The largest absolute Gasteiger partial charge is 0.490 e. The van der Waals surface area contributed by atoms with Crippen LogP contribution in [0.15, 0.2) is 54.7 Å². The molecule has 3 saturated heterocycles. The number of pyridine rings is 1. The van der Waals surface area contributed by atoms with Crippen LogP contribution in [-0.4, -0.2) is 75.9 Å². The lowest BCUT2D eigenvalue weighted by molar-refractivity contribution is -0.138. The maximum Gasteiger partial charge on any atom is 0.419 e. The molecule has 6 rings (SSSR count). The second-order valence-corrected chi connectivity index (χ2v) is 14.4. The molecule has 288 valence electrons. The molecule has 3 aliphatic rings. The number of benzene rings is 2. The van der Waals surface area contributed by atoms with Gasteiger partial charge in [-0.2, -0.15) is 18.4 Å². The standard InChI is InChI=1S/C38H39F3N8O5S/c1-4-22-16-25(49-36(55)48(35(53)37(49,2)3)26-18-28(38(39,40)41)30(19-42)43-20-26)8-10-31(22)54-27-12-14-47(15-13-27)21-33(51)45-24-7-5-6-23(17-24)44-29-9-11-32(50)46-34(29)52/h5-8,10,16-18,20,27,29,44H,4,9,11-15,21H2,1-3H3,(H,45,51)(H,46,50,52). The van der Waals surface area contributed by atoms with E-state index in [2.05, 4.69) is 20.9 Å². The summed E-state index contributed by atoms with van der Waals surface area (Å²) in [6.07, 6.45) is -1.36. The summed E-state index contributed by atoms with van der Waals surface area (Å²) in [6.45, 7) is 6.66. The quantitative estimate of drug-likeness (QED) is 0.185. The van der Waals surface area contributed by atoms with E-state index in [1.165, 1.54) is 6.07 Å². The van der Waals surface area contributed by atoms with E-state index in [0.29, 0.717) is 67.7 Å². The van der Waals surface area contributed by atoms with Gasteiger partial charge in [-0.05, 0) is 99.8 Å². The van der Waals surface area contributed by atoms with Crippen molar-refractivity contribution < 1.29 is 37.1 Å². The van der Waals surface area contributed by atoms with E-state index in [0.717, 1.165) is 16.7 Å². The van der Waals surface area contributed by atoms with Crippen molar-refractivity contribution in [1.82, 2.24) is 15.2 Å². The second-order valence-electron chi connectivity index (χ2n) is 14.0. The Hall–Kier alpha value is -5.60. The molecule has 4 amide bonds. The number of carbonyl (C=O) groups is 4. The number of rotatable bonds is 10. The first kappa shape index (κ1) is 39.1. The summed E-state index contributed by atoms with van der Waals surface area (Å²) in [7, 11) is 0. The lowest BCUT2D eigenvalue weighted by atomic mass is 10.0. The van der Waals surface area contributed by atoms with Crippen LogP contribution in [0.25, 0.3) is 0 Å². The number of aryl methyl sites for hydroxylation is 1. The summed E-state index contributed by atoms with van der Waals surface area (Å²) in [5.41, 5.74) is -0.875. The molecule has 0 saturated carbocycles. The summed E-state index contributed by atoms with van der Waals surface area (Å²) >= 11 is 5.68. The van der Waals surface area contributed by atoms with E-state index in [-0.39, 0.29) is 47.6 Å². The van der Waals surface area contributed by atoms with Crippen molar-refractivity contribution in [3.63, 3.8) is 0 Å². The summed E-state index contributed by atoms with van der Waals surface area (Å²) < 4.78 is 47.6. The number of nitrogens with one attached hydrogen (secondary N) is 3. The van der Waals surface area contributed by atoms with Crippen LogP contribution < -0.4 is 30.5 Å². The number of likely N-dealkylation sites (tertiary alicyclic amines) is 1. The molecular weight excluding hydrogens is 738 g/mol. The first-order valence-electron chi connectivity index (χ1n) is 17.8. The van der Waals surface area contributed by atoms with Crippen molar-refractivity contribution >= 4 is 63.7 Å². The van der Waals surface area contributed by atoms with Gasteiger partial charge < -0.3 is 20.3 Å². The Bertz CT molecular complexity index is 2080. The molecule has 0 spiro atoms. The Balaban J connectivity index is 1.05. The molecule has 17 heteroatoms. The normalized spacial score (nSPS) is 19.3. The van der Waals surface area contributed by atoms with Gasteiger partial charge in [-0.3, -0.25) is 34.3 Å². The molecule has 3 aromatic rings. The average molecular weight is 777 g/mol. The highest BCUT2D eigenvalue weighted by molar-refractivity contribution is 7.81. The number of nitriles is 1. The van der Waals surface area contributed by atoms with Crippen LogP contribution >= 0.6 is 12.2 Å². The van der Waals surface area contributed by atoms with Gasteiger partial charge in [0.2, 0.25) is 17.7 Å². The van der Waals surface area contributed by atoms with Crippen molar-refractivity contribution in [1.29, 1.82) is 5.26 Å². The van der Waals surface area contributed by atoms with Gasteiger partial charge >= 0.3 is 6.18 Å². The Morgan fingerprint density at radius 2 is 1.80 bits per heavy atom. The molecule has 3 aliphatic heterocycles. The molecule has 1 unspecified atom stereocenters. The number of amides is 4. The second kappa shape index (κ2) is 15.6. The highest BCUT2D eigenvalue weighted by atomic mass is 32.1. The summed E-state index contributed by atoms with van der Waals surface area (Å²) in [5.74, 6) is -0.745. The maximum absolute atomic E-state index is 13.7. The van der Waals surface area contributed by atoms with E-state index in [4.69, 9.17) is 22.2 Å². The van der Waals surface area contributed by atoms with Gasteiger partial charge in [0.25, 0.3) is 5.91 Å². The lowest BCUT2D eigenvalue weighted by Crippen LogP contribution is -2.47. The zero-order valence-electron chi connectivity index (χ0n) is 30.3. The molecule has 3 fully saturated rings. The fraction of sp³-hybridized carbons (Fsp3) is 0.395. The number of aromatic nitrogens is 1. The third-order valence-electron chi connectivity index (χ3n) is 9.82. The number of hydrogen-bond acceptors (Lipinski definition) is 10. The van der Waals surface area contributed by atoms with Crippen LogP contribution in [0.1, 0.15) is 63.3 Å². The van der Waals surface area contributed by atoms with E-state index in [1.807, 2.05) is 17.9 Å². The number of nitrogens with zero attached hydrogens (tertiary/aromatic N) is 5. The maximum atomic E-state index is 13.7. The number of hydrogen-bond donors (Lipinski definition) is 3. The fourth-order valence-corrected chi connectivity index (χ4v) is 7.44. The van der Waals surface area contributed by atoms with Crippen molar-refractivity contribution in [2.45, 2.75) is 76.7 Å². The Morgan fingerprint density at radius 1 is 1.07 bits per heavy atom. The fourth-order valence-electron chi connectivity index (χ4n) is 6.92. The van der Waals surface area contributed by atoms with Gasteiger partial charge in [-0.25, -0.2) is 4.98 Å². The Kier molecular flexibility index (Phi) is 11.1. The molecule has 1 aromatic heterocycles. The van der Waals surface area contributed by atoms with Crippen LogP contribution in [-0.2, 0) is 31.8 Å². The molecule has 3 N–H and O–H groups in total. The summed E-state index contributed by atoms with van der Waals surface area (Å²) in [4.78, 5) is 58.5. The molecule has 13 nitrogen and oxygen atoms in total. The first-order chi connectivity index (χ1) is 26.1. The Morgan fingerprint density at radius 3 is 2.47 bits per heavy atom. The number of ether oxygens (including phenoxy) is 1.